The van der Waals surface area contributed by atoms with Crippen molar-refractivity contribution in [3.8, 4) is 11.1 Å². The van der Waals surface area contributed by atoms with Crippen molar-refractivity contribution < 1.29 is 4.79 Å². The normalized spacial score (nSPS) is 11.3. The van der Waals surface area contributed by atoms with Crippen molar-refractivity contribution >= 4 is 11.6 Å². The first-order valence-corrected chi connectivity index (χ1v) is 7.26. The summed E-state index contributed by atoms with van der Waals surface area (Å²) in [5, 5.41) is 3.03. The van der Waals surface area contributed by atoms with Crippen molar-refractivity contribution in [2.75, 3.05) is 5.32 Å². The molecule has 2 nitrogen and oxygen atoms in total. The quantitative estimate of drug-likeness (QED) is 0.828. The minimum atomic E-state index is -0.397. The van der Waals surface area contributed by atoms with Crippen LogP contribution in [-0.2, 0) is 4.79 Å². The summed E-state index contributed by atoms with van der Waals surface area (Å²) in [7, 11) is 0. The maximum atomic E-state index is 12.2. The minimum Gasteiger partial charge on any atom is -0.325 e. The number of benzene rings is 2. The van der Waals surface area contributed by atoms with E-state index in [-0.39, 0.29) is 5.91 Å². The maximum Gasteiger partial charge on any atom is 0.229 e. The van der Waals surface area contributed by atoms with Crippen LogP contribution in [0.2, 0.25) is 0 Å². The Kier molecular flexibility index (Phi) is 4.17. The largest absolute Gasteiger partial charge is 0.325 e. The number of aryl methyl sites for hydroxylation is 2. The van der Waals surface area contributed by atoms with Gasteiger partial charge < -0.3 is 5.32 Å². The molecule has 0 aliphatic carbocycles. The van der Waals surface area contributed by atoms with Gasteiger partial charge in [0.25, 0.3) is 0 Å². The van der Waals surface area contributed by atoms with E-state index in [0.29, 0.717) is 0 Å². The fourth-order valence-electron chi connectivity index (χ4n) is 1.99. The molecular formula is C19H23NO. The second kappa shape index (κ2) is 5.72. The first kappa shape index (κ1) is 15.3. The smallest absolute Gasteiger partial charge is 0.229 e. The van der Waals surface area contributed by atoms with E-state index < -0.39 is 5.41 Å². The third-order valence-corrected chi connectivity index (χ3v) is 3.55. The van der Waals surface area contributed by atoms with Gasteiger partial charge in [-0.2, -0.15) is 0 Å². The highest BCUT2D eigenvalue weighted by atomic mass is 16.2. The number of amides is 1. The zero-order chi connectivity index (χ0) is 15.6. The van der Waals surface area contributed by atoms with Crippen LogP contribution in [0.1, 0.15) is 31.9 Å². The number of anilines is 1. The highest BCUT2D eigenvalue weighted by molar-refractivity contribution is 5.95. The summed E-state index contributed by atoms with van der Waals surface area (Å²) in [6, 6.07) is 14.6. The fourth-order valence-corrected chi connectivity index (χ4v) is 1.99. The average Bonchev–Trinajstić information content (AvgIpc) is 2.41. The van der Waals surface area contributed by atoms with E-state index in [0.717, 1.165) is 22.4 Å². The van der Waals surface area contributed by atoms with Crippen LogP contribution in [0, 0.1) is 19.3 Å². The second-order valence-corrected chi connectivity index (χ2v) is 6.60. The third kappa shape index (κ3) is 3.72. The van der Waals surface area contributed by atoms with Gasteiger partial charge in [0.2, 0.25) is 5.91 Å². The van der Waals surface area contributed by atoms with Gasteiger partial charge in [-0.1, -0.05) is 62.7 Å². The lowest BCUT2D eigenvalue weighted by Gasteiger charge is -2.19. The van der Waals surface area contributed by atoms with Gasteiger partial charge in [-0.25, -0.2) is 0 Å². The van der Waals surface area contributed by atoms with Crippen LogP contribution in [0.4, 0.5) is 5.69 Å². The van der Waals surface area contributed by atoms with Gasteiger partial charge >= 0.3 is 0 Å². The molecule has 2 heteroatoms. The number of carbonyl (C=O) groups excluding carboxylic acids is 1. The summed E-state index contributed by atoms with van der Waals surface area (Å²) in [6.45, 7) is 9.84. The number of hydrogen-bond acceptors (Lipinski definition) is 1. The van der Waals surface area contributed by atoms with Gasteiger partial charge in [0.05, 0.1) is 0 Å². The van der Waals surface area contributed by atoms with Gasteiger partial charge in [-0.05, 0) is 36.6 Å². The van der Waals surface area contributed by atoms with Crippen LogP contribution < -0.4 is 5.32 Å². The van der Waals surface area contributed by atoms with Gasteiger partial charge in [0.1, 0.15) is 0 Å². The Labute approximate surface area is 127 Å². The Hall–Kier alpha value is -2.09. The summed E-state index contributed by atoms with van der Waals surface area (Å²) in [4.78, 5) is 12.2. The van der Waals surface area contributed by atoms with Crippen LogP contribution >= 0.6 is 0 Å². The summed E-state index contributed by atoms with van der Waals surface area (Å²) in [5.74, 6) is 0.0339. The van der Waals surface area contributed by atoms with Crippen molar-refractivity contribution in [1.82, 2.24) is 0 Å². The van der Waals surface area contributed by atoms with Gasteiger partial charge in [-0.15, -0.1) is 0 Å². The van der Waals surface area contributed by atoms with Gasteiger partial charge in [0, 0.05) is 11.1 Å². The van der Waals surface area contributed by atoms with Crippen LogP contribution in [0.5, 0.6) is 0 Å². The van der Waals surface area contributed by atoms with Crippen molar-refractivity contribution in [3.05, 3.63) is 53.6 Å². The van der Waals surface area contributed by atoms with Crippen molar-refractivity contribution in [2.24, 2.45) is 5.41 Å². The predicted molar refractivity (Wildman–Crippen MR) is 89.4 cm³/mol. The maximum absolute atomic E-state index is 12.2. The number of rotatable bonds is 2. The highest BCUT2D eigenvalue weighted by Crippen LogP contribution is 2.27. The van der Waals surface area contributed by atoms with Crippen LogP contribution in [0.3, 0.4) is 0 Å². The van der Waals surface area contributed by atoms with E-state index in [2.05, 4.69) is 42.6 Å². The van der Waals surface area contributed by atoms with E-state index in [4.69, 9.17) is 0 Å². The monoisotopic (exact) mass is 281 g/mol. The first-order chi connectivity index (χ1) is 9.77. The van der Waals surface area contributed by atoms with Crippen molar-refractivity contribution in [3.63, 3.8) is 0 Å². The van der Waals surface area contributed by atoms with Crippen LogP contribution in [0.25, 0.3) is 11.1 Å². The Morgan fingerprint density at radius 1 is 0.905 bits per heavy atom. The molecule has 0 bridgehead atoms. The molecular weight excluding hydrogens is 258 g/mol. The molecule has 2 aromatic rings. The molecule has 0 atom stereocenters. The van der Waals surface area contributed by atoms with Crippen molar-refractivity contribution in [1.29, 1.82) is 0 Å². The molecule has 110 valence electrons. The molecule has 0 saturated heterocycles. The van der Waals surface area contributed by atoms with Crippen LogP contribution in [-0.4, -0.2) is 5.91 Å². The molecule has 2 rings (SSSR count). The molecule has 0 fully saturated rings. The van der Waals surface area contributed by atoms with Gasteiger partial charge in [0.15, 0.2) is 0 Å². The molecule has 0 aromatic heterocycles. The Bertz CT molecular complexity index is 648. The van der Waals surface area contributed by atoms with Crippen molar-refractivity contribution in [2.45, 2.75) is 34.6 Å². The van der Waals surface area contributed by atoms with E-state index >= 15 is 0 Å². The molecule has 0 radical (unpaired) electrons. The number of carbonyl (C=O) groups is 1. The molecule has 0 unspecified atom stereocenters. The lowest BCUT2D eigenvalue weighted by molar-refractivity contribution is -0.123. The number of hydrogen-bond donors (Lipinski definition) is 1. The zero-order valence-corrected chi connectivity index (χ0v) is 13.4. The molecule has 2 aromatic carbocycles. The van der Waals surface area contributed by atoms with Gasteiger partial charge in [-0.3, -0.25) is 4.79 Å². The van der Waals surface area contributed by atoms with Crippen LogP contribution in [0.15, 0.2) is 42.5 Å². The fraction of sp³-hybridized carbons (Fsp3) is 0.316. The number of nitrogens with one attached hydrogen (secondary N) is 1. The van der Waals surface area contributed by atoms with E-state index in [1.165, 1.54) is 5.56 Å². The van der Waals surface area contributed by atoms with E-state index in [1.54, 1.807) is 0 Å². The molecule has 0 aliphatic heterocycles. The molecule has 0 saturated carbocycles. The van der Waals surface area contributed by atoms with E-state index in [9.17, 15) is 4.79 Å². The zero-order valence-electron chi connectivity index (χ0n) is 13.4. The summed E-state index contributed by atoms with van der Waals surface area (Å²) >= 11 is 0. The second-order valence-electron chi connectivity index (χ2n) is 6.60. The van der Waals surface area contributed by atoms with E-state index in [1.807, 2.05) is 39.8 Å². The molecule has 1 N–H and O–H groups in total. The Morgan fingerprint density at radius 2 is 1.48 bits per heavy atom. The summed E-state index contributed by atoms with van der Waals surface area (Å²) < 4.78 is 0. The first-order valence-electron chi connectivity index (χ1n) is 7.26. The summed E-state index contributed by atoms with van der Waals surface area (Å²) in [5.41, 5.74) is 5.08. The molecule has 1 amide bonds. The average molecular weight is 281 g/mol. The Balaban J connectivity index is 2.33. The minimum absolute atomic E-state index is 0.0339. The topological polar surface area (TPSA) is 29.1 Å². The molecule has 0 aliphatic rings. The standard InChI is InChI=1S/C19H23NO/c1-13-6-9-15(10-7-13)16-11-8-14(2)17(12-16)20-18(21)19(3,4)5/h6-12H,1-5H3,(H,20,21). The predicted octanol–water partition coefficient (Wildman–Crippen LogP) is 4.96. The molecule has 21 heavy (non-hydrogen) atoms. The lowest BCUT2D eigenvalue weighted by atomic mass is 9.95. The SMILES string of the molecule is Cc1ccc(-c2ccc(C)c(NC(=O)C(C)(C)C)c2)cc1. The molecule has 0 spiro atoms. The lowest BCUT2D eigenvalue weighted by Crippen LogP contribution is -2.27. The Morgan fingerprint density at radius 3 is 2.05 bits per heavy atom. The summed E-state index contributed by atoms with van der Waals surface area (Å²) in [6.07, 6.45) is 0. The molecule has 0 heterocycles. The third-order valence-electron chi connectivity index (χ3n) is 3.55. The highest BCUT2D eigenvalue weighted by Gasteiger charge is 2.21.